The van der Waals surface area contributed by atoms with Crippen molar-refractivity contribution in [1.82, 2.24) is 20.0 Å². The molecular formula is C16H28N4. The number of aromatic nitrogens is 2. The minimum Gasteiger partial charge on any atom is -0.308 e. The molecule has 0 aromatic carbocycles. The van der Waals surface area contributed by atoms with E-state index in [0.717, 1.165) is 13.1 Å². The zero-order valence-corrected chi connectivity index (χ0v) is 12.9. The number of rotatable bonds is 4. The summed E-state index contributed by atoms with van der Waals surface area (Å²) >= 11 is 0. The van der Waals surface area contributed by atoms with Crippen LogP contribution in [0.2, 0.25) is 0 Å². The predicted molar refractivity (Wildman–Crippen MR) is 81.5 cm³/mol. The van der Waals surface area contributed by atoms with Gasteiger partial charge in [0.15, 0.2) is 0 Å². The molecule has 1 N–H and O–H groups in total. The van der Waals surface area contributed by atoms with Gasteiger partial charge in [-0.25, -0.2) is 0 Å². The summed E-state index contributed by atoms with van der Waals surface area (Å²) in [5.41, 5.74) is 1.76. The Hall–Kier alpha value is -0.870. The van der Waals surface area contributed by atoms with Crippen LogP contribution in [0.3, 0.4) is 0 Å². The first-order chi connectivity index (χ1) is 9.71. The number of hydrogen-bond donors (Lipinski definition) is 1. The van der Waals surface area contributed by atoms with E-state index in [2.05, 4.69) is 28.4 Å². The van der Waals surface area contributed by atoms with Crippen LogP contribution in [0.15, 0.2) is 12.4 Å². The van der Waals surface area contributed by atoms with Gasteiger partial charge in [0.25, 0.3) is 0 Å². The van der Waals surface area contributed by atoms with Crippen LogP contribution in [-0.4, -0.2) is 39.4 Å². The highest BCUT2D eigenvalue weighted by Crippen LogP contribution is 2.34. The van der Waals surface area contributed by atoms with Crippen LogP contribution >= 0.6 is 0 Å². The topological polar surface area (TPSA) is 33.1 Å². The van der Waals surface area contributed by atoms with Crippen molar-refractivity contribution in [3.63, 3.8) is 0 Å². The molecule has 2 fully saturated rings. The van der Waals surface area contributed by atoms with Crippen LogP contribution in [0.5, 0.6) is 0 Å². The van der Waals surface area contributed by atoms with Gasteiger partial charge in [-0.3, -0.25) is 9.58 Å². The molecule has 20 heavy (non-hydrogen) atoms. The van der Waals surface area contributed by atoms with E-state index in [9.17, 15) is 0 Å². The van der Waals surface area contributed by atoms with Crippen LogP contribution in [0.25, 0.3) is 0 Å². The Morgan fingerprint density at radius 1 is 1.40 bits per heavy atom. The molecule has 0 amide bonds. The molecule has 1 saturated carbocycles. The zero-order valence-electron chi connectivity index (χ0n) is 12.9. The lowest BCUT2D eigenvalue weighted by Crippen LogP contribution is -2.62. The van der Waals surface area contributed by atoms with E-state index in [-0.39, 0.29) is 0 Å². The summed E-state index contributed by atoms with van der Waals surface area (Å²) in [6.45, 7) is 5.73. The molecule has 4 heteroatoms. The van der Waals surface area contributed by atoms with Crippen molar-refractivity contribution in [3.8, 4) is 0 Å². The average molecular weight is 276 g/mol. The Labute approximate surface area is 122 Å². The third kappa shape index (κ3) is 2.91. The van der Waals surface area contributed by atoms with Crippen molar-refractivity contribution in [2.75, 3.05) is 13.1 Å². The van der Waals surface area contributed by atoms with Crippen LogP contribution < -0.4 is 5.32 Å². The third-order valence-corrected chi connectivity index (χ3v) is 5.06. The van der Waals surface area contributed by atoms with Gasteiger partial charge in [-0.2, -0.15) is 5.10 Å². The summed E-state index contributed by atoms with van der Waals surface area (Å²) in [6.07, 6.45) is 12.2. The Bertz CT molecular complexity index is 433. The zero-order chi connectivity index (χ0) is 14.0. The summed E-state index contributed by atoms with van der Waals surface area (Å²) < 4.78 is 1.91. The third-order valence-electron chi connectivity index (χ3n) is 5.06. The summed E-state index contributed by atoms with van der Waals surface area (Å²) in [5.74, 6) is 0. The van der Waals surface area contributed by atoms with Gasteiger partial charge in [0.05, 0.1) is 6.20 Å². The van der Waals surface area contributed by atoms with Crippen LogP contribution in [-0.2, 0) is 13.6 Å². The van der Waals surface area contributed by atoms with Crippen molar-refractivity contribution in [2.45, 2.75) is 63.6 Å². The minimum absolute atomic E-state index is 0.409. The highest BCUT2D eigenvalue weighted by molar-refractivity contribution is 5.07. The molecule has 1 aliphatic carbocycles. The molecule has 3 rings (SSSR count). The number of hydrogen-bond acceptors (Lipinski definition) is 3. The molecule has 2 aliphatic rings. The van der Waals surface area contributed by atoms with E-state index < -0.39 is 0 Å². The molecule has 1 spiro atoms. The van der Waals surface area contributed by atoms with Gasteiger partial charge in [0.2, 0.25) is 0 Å². The van der Waals surface area contributed by atoms with Gasteiger partial charge in [-0.05, 0) is 19.3 Å². The summed E-state index contributed by atoms with van der Waals surface area (Å²) in [6, 6.07) is 0.687. The molecule has 0 bridgehead atoms. The van der Waals surface area contributed by atoms with Gasteiger partial charge >= 0.3 is 0 Å². The van der Waals surface area contributed by atoms with Gasteiger partial charge in [-0.15, -0.1) is 0 Å². The lowest BCUT2D eigenvalue weighted by molar-refractivity contribution is 0.0689. The predicted octanol–water partition coefficient (Wildman–Crippen LogP) is 2.31. The fourth-order valence-corrected chi connectivity index (χ4v) is 4.01. The standard InChI is InChI=1S/C16H28N4/c1-3-6-15-10-17-16(7-4-5-8-16)13-20(15)12-14-9-18-19(2)11-14/h9,11,15,17H,3-8,10,12-13H2,1-2H3. The van der Waals surface area contributed by atoms with E-state index in [0.29, 0.717) is 11.6 Å². The molecule has 1 aliphatic heterocycles. The largest absolute Gasteiger partial charge is 0.308 e. The van der Waals surface area contributed by atoms with E-state index in [1.54, 1.807) is 0 Å². The van der Waals surface area contributed by atoms with Crippen molar-refractivity contribution >= 4 is 0 Å². The monoisotopic (exact) mass is 276 g/mol. The molecule has 2 heterocycles. The highest BCUT2D eigenvalue weighted by atomic mass is 15.3. The number of aryl methyl sites for hydroxylation is 1. The second-order valence-corrected chi connectivity index (χ2v) is 6.74. The maximum Gasteiger partial charge on any atom is 0.0534 e. The van der Waals surface area contributed by atoms with Crippen molar-refractivity contribution in [2.24, 2.45) is 7.05 Å². The number of piperazine rings is 1. The summed E-state index contributed by atoms with van der Waals surface area (Å²) in [4.78, 5) is 2.71. The second kappa shape index (κ2) is 5.86. The van der Waals surface area contributed by atoms with Crippen LogP contribution in [0.4, 0.5) is 0 Å². The maximum atomic E-state index is 4.32. The quantitative estimate of drug-likeness (QED) is 0.916. The fraction of sp³-hybridized carbons (Fsp3) is 0.812. The maximum absolute atomic E-state index is 4.32. The lowest BCUT2D eigenvalue weighted by atomic mass is 9.91. The normalized spacial score (nSPS) is 26.4. The molecule has 1 atom stereocenters. The first-order valence-electron chi connectivity index (χ1n) is 8.17. The molecule has 4 nitrogen and oxygen atoms in total. The van der Waals surface area contributed by atoms with Gasteiger partial charge in [-0.1, -0.05) is 26.2 Å². The van der Waals surface area contributed by atoms with E-state index in [4.69, 9.17) is 0 Å². The molecule has 1 saturated heterocycles. The van der Waals surface area contributed by atoms with E-state index in [1.807, 2.05) is 17.9 Å². The molecule has 1 unspecified atom stereocenters. The Morgan fingerprint density at radius 3 is 2.85 bits per heavy atom. The van der Waals surface area contributed by atoms with Crippen molar-refractivity contribution in [1.29, 1.82) is 0 Å². The van der Waals surface area contributed by atoms with Crippen LogP contribution in [0.1, 0.15) is 51.0 Å². The SMILES string of the molecule is CCCC1CNC2(CCCC2)CN1Cc1cnn(C)c1. The van der Waals surface area contributed by atoms with Gasteiger partial charge in [0, 0.05) is 50.0 Å². The van der Waals surface area contributed by atoms with Gasteiger partial charge in [0.1, 0.15) is 0 Å². The Morgan fingerprint density at radius 2 is 2.20 bits per heavy atom. The number of nitrogens with zero attached hydrogens (tertiary/aromatic N) is 3. The molecular weight excluding hydrogens is 248 g/mol. The first kappa shape index (κ1) is 14.1. The molecule has 1 aromatic rings. The highest BCUT2D eigenvalue weighted by Gasteiger charge is 2.40. The Balaban J connectivity index is 1.71. The van der Waals surface area contributed by atoms with Crippen molar-refractivity contribution < 1.29 is 0 Å². The van der Waals surface area contributed by atoms with E-state index in [1.165, 1.54) is 50.6 Å². The average Bonchev–Trinajstić information content (AvgIpc) is 3.04. The molecule has 1 aromatic heterocycles. The van der Waals surface area contributed by atoms with E-state index >= 15 is 0 Å². The van der Waals surface area contributed by atoms with Crippen LogP contribution in [0, 0.1) is 0 Å². The first-order valence-corrected chi connectivity index (χ1v) is 8.17. The summed E-state index contributed by atoms with van der Waals surface area (Å²) in [5, 5.41) is 8.20. The molecule has 0 radical (unpaired) electrons. The molecule has 112 valence electrons. The van der Waals surface area contributed by atoms with Gasteiger partial charge < -0.3 is 5.32 Å². The Kier molecular flexibility index (Phi) is 4.13. The van der Waals surface area contributed by atoms with Crippen molar-refractivity contribution in [3.05, 3.63) is 18.0 Å². The smallest absolute Gasteiger partial charge is 0.0534 e. The summed E-state index contributed by atoms with van der Waals surface area (Å²) in [7, 11) is 2.00. The number of nitrogens with one attached hydrogen (secondary N) is 1. The second-order valence-electron chi connectivity index (χ2n) is 6.74. The fourth-order valence-electron chi connectivity index (χ4n) is 4.01. The minimum atomic E-state index is 0.409. The lowest BCUT2D eigenvalue weighted by Gasteiger charge is -2.46.